The zero-order valence-corrected chi connectivity index (χ0v) is 9.69. The smallest absolute Gasteiger partial charge is 0.0524 e. The Kier molecular flexibility index (Phi) is 5.37. The van der Waals surface area contributed by atoms with Crippen molar-refractivity contribution in [1.82, 2.24) is 4.90 Å². The van der Waals surface area contributed by atoms with E-state index in [2.05, 4.69) is 36.1 Å². The number of hydrogen-bond donors (Lipinski definition) is 1. The fourth-order valence-corrected chi connectivity index (χ4v) is 1.56. The van der Waals surface area contributed by atoms with Crippen LogP contribution in [-0.2, 0) is 6.54 Å². The van der Waals surface area contributed by atoms with E-state index in [1.165, 1.54) is 5.56 Å². The van der Waals surface area contributed by atoms with E-state index < -0.39 is 0 Å². The zero-order chi connectivity index (χ0) is 11.1. The van der Waals surface area contributed by atoms with Gasteiger partial charge in [0.2, 0.25) is 0 Å². The van der Waals surface area contributed by atoms with Gasteiger partial charge in [-0.1, -0.05) is 37.3 Å². The van der Waals surface area contributed by atoms with Gasteiger partial charge in [0.15, 0.2) is 0 Å². The molecule has 2 heteroatoms. The van der Waals surface area contributed by atoms with Gasteiger partial charge in [0, 0.05) is 13.1 Å². The van der Waals surface area contributed by atoms with E-state index in [-0.39, 0.29) is 6.10 Å². The molecule has 1 atom stereocenters. The zero-order valence-electron chi connectivity index (χ0n) is 9.69. The Morgan fingerprint density at radius 2 is 1.93 bits per heavy atom. The van der Waals surface area contributed by atoms with Crippen LogP contribution in [-0.4, -0.2) is 29.2 Å². The Bertz CT molecular complexity index is 258. The van der Waals surface area contributed by atoms with Gasteiger partial charge in [-0.15, -0.1) is 0 Å². The van der Waals surface area contributed by atoms with Gasteiger partial charge in [-0.05, 0) is 25.5 Å². The van der Waals surface area contributed by atoms with Crippen molar-refractivity contribution in [2.45, 2.75) is 32.9 Å². The predicted octanol–water partition coefficient (Wildman–Crippen LogP) is 2.28. The number of benzene rings is 1. The van der Waals surface area contributed by atoms with E-state index in [0.29, 0.717) is 0 Å². The van der Waals surface area contributed by atoms with Crippen LogP contribution in [0.3, 0.4) is 0 Å². The Morgan fingerprint density at radius 1 is 1.27 bits per heavy atom. The lowest BCUT2D eigenvalue weighted by Crippen LogP contribution is -2.26. The van der Waals surface area contributed by atoms with Crippen molar-refractivity contribution < 1.29 is 5.11 Å². The van der Waals surface area contributed by atoms with Crippen LogP contribution in [0.25, 0.3) is 0 Å². The molecule has 1 aromatic rings. The van der Waals surface area contributed by atoms with E-state index in [0.717, 1.165) is 26.1 Å². The Labute approximate surface area is 92.5 Å². The van der Waals surface area contributed by atoms with Crippen LogP contribution in [0, 0.1) is 0 Å². The summed E-state index contributed by atoms with van der Waals surface area (Å²) in [5, 5.41) is 9.24. The summed E-state index contributed by atoms with van der Waals surface area (Å²) in [5.41, 5.74) is 1.34. The maximum absolute atomic E-state index is 9.24. The first kappa shape index (κ1) is 12.2. The normalized spacial score (nSPS) is 13.1. The van der Waals surface area contributed by atoms with E-state index in [1.807, 2.05) is 13.0 Å². The molecule has 0 saturated heterocycles. The first-order chi connectivity index (χ1) is 7.22. The summed E-state index contributed by atoms with van der Waals surface area (Å²) in [6.07, 6.45) is 0.649. The summed E-state index contributed by atoms with van der Waals surface area (Å²) >= 11 is 0. The standard InChI is InChI=1S/C13H21NO/c1-3-14(10-9-12(2)15)11-13-7-5-4-6-8-13/h4-8,12,15H,3,9-11H2,1-2H3. The average molecular weight is 207 g/mol. The third-order valence-electron chi connectivity index (χ3n) is 2.56. The average Bonchev–Trinajstić information content (AvgIpc) is 2.25. The topological polar surface area (TPSA) is 23.5 Å². The molecule has 0 bridgehead atoms. The summed E-state index contributed by atoms with van der Waals surface area (Å²) in [6.45, 7) is 6.97. The lowest BCUT2D eigenvalue weighted by atomic mass is 10.2. The molecule has 0 aliphatic carbocycles. The second kappa shape index (κ2) is 6.59. The van der Waals surface area contributed by atoms with Gasteiger partial charge in [0.05, 0.1) is 6.10 Å². The fraction of sp³-hybridized carbons (Fsp3) is 0.538. The third-order valence-corrected chi connectivity index (χ3v) is 2.56. The molecular weight excluding hydrogens is 186 g/mol. The van der Waals surface area contributed by atoms with E-state index >= 15 is 0 Å². The number of rotatable bonds is 6. The molecule has 0 aliphatic rings. The maximum Gasteiger partial charge on any atom is 0.0524 e. The number of nitrogens with zero attached hydrogens (tertiary/aromatic N) is 1. The van der Waals surface area contributed by atoms with Crippen LogP contribution in [0.1, 0.15) is 25.8 Å². The first-order valence-corrected chi connectivity index (χ1v) is 5.66. The molecule has 0 radical (unpaired) electrons. The third kappa shape index (κ3) is 4.96. The van der Waals surface area contributed by atoms with E-state index in [9.17, 15) is 5.11 Å². The molecule has 1 rings (SSSR count). The van der Waals surface area contributed by atoms with Gasteiger partial charge in [-0.3, -0.25) is 4.90 Å². The largest absolute Gasteiger partial charge is 0.393 e. The number of aliphatic hydroxyl groups excluding tert-OH is 1. The summed E-state index contributed by atoms with van der Waals surface area (Å²) in [5.74, 6) is 0. The fourth-order valence-electron chi connectivity index (χ4n) is 1.56. The molecule has 0 aromatic heterocycles. The quantitative estimate of drug-likeness (QED) is 0.773. The minimum Gasteiger partial charge on any atom is -0.393 e. The van der Waals surface area contributed by atoms with Crippen molar-refractivity contribution in [2.75, 3.05) is 13.1 Å². The SMILES string of the molecule is CCN(CCC(C)O)Cc1ccccc1. The van der Waals surface area contributed by atoms with E-state index in [4.69, 9.17) is 0 Å². The minimum atomic E-state index is -0.199. The van der Waals surface area contributed by atoms with Gasteiger partial charge in [0.25, 0.3) is 0 Å². The highest BCUT2D eigenvalue weighted by molar-refractivity contribution is 5.14. The first-order valence-electron chi connectivity index (χ1n) is 5.66. The molecule has 0 saturated carbocycles. The Morgan fingerprint density at radius 3 is 2.47 bits per heavy atom. The number of aliphatic hydroxyl groups is 1. The monoisotopic (exact) mass is 207 g/mol. The molecule has 1 aromatic carbocycles. The molecule has 1 N–H and O–H groups in total. The molecule has 0 aliphatic heterocycles. The summed E-state index contributed by atoms with van der Waals surface area (Å²) in [6, 6.07) is 10.5. The Hall–Kier alpha value is -0.860. The summed E-state index contributed by atoms with van der Waals surface area (Å²) < 4.78 is 0. The van der Waals surface area contributed by atoms with Crippen molar-refractivity contribution >= 4 is 0 Å². The Balaban J connectivity index is 2.40. The summed E-state index contributed by atoms with van der Waals surface area (Å²) in [7, 11) is 0. The van der Waals surface area contributed by atoms with Crippen molar-refractivity contribution in [3.63, 3.8) is 0 Å². The van der Waals surface area contributed by atoms with Gasteiger partial charge >= 0.3 is 0 Å². The van der Waals surface area contributed by atoms with Gasteiger partial charge < -0.3 is 5.11 Å². The minimum absolute atomic E-state index is 0.199. The number of hydrogen-bond acceptors (Lipinski definition) is 2. The molecule has 0 heterocycles. The highest BCUT2D eigenvalue weighted by Gasteiger charge is 2.04. The van der Waals surface area contributed by atoms with Crippen molar-refractivity contribution in [3.8, 4) is 0 Å². The molecule has 0 amide bonds. The van der Waals surface area contributed by atoms with Crippen LogP contribution in [0.4, 0.5) is 0 Å². The molecular formula is C13H21NO. The highest BCUT2D eigenvalue weighted by Crippen LogP contribution is 2.05. The predicted molar refractivity (Wildman–Crippen MR) is 63.7 cm³/mol. The van der Waals surface area contributed by atoms with Crippen molar-refractivity contribution in [1.29, 1.82) is 0 Å². The van der Waals surface area contributed by atoms with Gasteiger partial charge in [-0.2, -0.15) is 0 Å². The molecule has 0 spiro atoms. The maximum atomic E-state index is 9.24. The second-order valence-corrected chi connectivity index (χ2v) is 3.99. The van der Waals surface area contributed by atoms with E-state index in [1.54, 1.807) is 0 Å². The molecule has 84 valence electrons. The van der Waals surface area contributed by atoms with Crippen molar-refractivity contribution in [2.24, 2.45) is 0 Å². The highest BCUT2D eigenvalue weighted by atomic mass is 16.3. The second-order valence-electron chi connectivity index (χ2n) is 3.99. The molecule has 1 unspecified atom stereocenters. The van der Waals surface area contributed by atoms with Crippen LogP contribution in [0.15, 0.2) is 30.3 Å². The lowest BCUT2D eigenvalue weighted by Gasteiger charge is -2.21. The van der Waals surface area contributed by atoms with Crippen LogP contribution < -0.4 is 0 Å². The van der Waals surface area contributed by atoms with Crippen LogP contribution in [0.2, 0.25) is 0 Å². The molecule has 2 nitrogen and oxygen atoms in total. The lowest BCUT2D eigenvalue weighted by molar-refractivity contribution is 0.155. The van der Waals surface area contributed by atoms with Crippen LogP contribution >= 0.6 is 0 Å². The van der Waals surface area contributed by atoms with Crippen molar-refractivity contribution in [3.05, 3.63) is 35.9 Å². The molecule has 0 fully saturated rings. The van der Waals surface area contributed by atoms with Gasteiger partial charge in [0.1, 0.15) is 0 Å². The van der Waals surface area contributed by atoms with Crippen LogP contribution in [0.5, 0.6) is 0 Å². The summed E-state index contributed by atoms with van der Waals surface area (Å²) in [4.78, 5) is 2.35. The molecule has 15 heavy (non-hydrogen) atoms. The van der Waals surface area contributed by atoms with Gasteiger partial charge in [-0.25, -0.2) is 0 Å².